The van der Waals surface area contributed by atoms with Gasteiger partial charge in [-0.1, -0.05) is 18.2 Å². The number of sulfonamides is 1. The van der Waals surface area contributed by atoms with Crippen molar-refractivity contribution in [2.75, 3.05) is 6.54 Å². The Bertz CT molecular complexity index is 774. The van der Waals surface area contributed by atoms with E-state index >= 15 is 0 Å². The number of rotatable bonds is 7. The predicted octanol–water partition coefficient (Wildman–Crippen LogP) is 2.33. The van der Waals surface area contributed by atoms with Gasteiger partial charge in [0.25, 0.3) is 5.69 Å². The molecule has 0 aliphatic carbocycles. The minimum absolute atomic E-state index is 0.00200. The first-order valence-electron chi connectivity index (χ1n) is 7.31. The molecule has 0 amide bonds. The van der Waals surface area contributed by atoms with Crippen molar-refractivity contribution >= 4 is 21.7 Å². The van der Waals surface area contributed by atoms with E-state index in [-0.39, 0.29) is 17.1 Å². The zero-order chi connectivity index (χ0) is 19.1. The number of nitrogens with zero attached hydrogens (tertiary/aromatic N) is 1. The van der Waals surface area contributed by atoms with Crippen LogP contribution in [0.2, 0.25) is 0 Å². The summed E-state index contributed by atoms with van der Waals surface area (Å²) in [7, 11) is -3.77. The Kier molecular flexibility index (Phi) is 7.01. The van der Waals surface area contributed by atoms with Crippen molar-refractivity contribution in [3.8, 4) is 0 Å². The van der Waals surface area contributed by atoms with E-state index in [1.807, 2.05) is 0 Å². The van der Waals surface area contributed by atoms with E-state index in [0.29, 0.717) is 0 Å². The summed E-state index contributed by atoms with van der Waals surface area (Å²) in [5.74, 6) is -0.497. The summed E-state index contributed by atoms with van der Waals surface area (Å²) in [5, 5.41) is 10.6. The third kappa shape index (κ3) is 7.73. The molecule has 0 bridgehead atoms. The molecule has 0 aromatic heterocycles. The van der Waals surface area contributed by atoms with E-state index in [4.69, 9.17) is 4.74 Å². The van der Waals surface area contributed by atoms with Crippen molar-refractivity contribution in [1.82, 2.24) is 4.72 Å². The molecule has 0 spiro atoms. The molecule has 136 valence electrons. The number of hydrogen-bond donors (Lipinski definition) is 1. The molecule has 0 radical (unpaired) electrons. The zero-order valence-corrected chi connectivity index (χ0v) is 14.9. The molecule has 25 heavy (non-hydrogen) atoms. The van der Waals surface area contributed by atoms with Crippen LogP contribution >= 0.6 is 0 Å². The molecular formula is C16H20N2O6S. The monoisotopic (exact) mass is 368 g/mol. The quantitative estimate of drug-likeness (QED) is 0.260. The summed E-state index contributed by atoms with van der Waals surface area (Å²) in [6.07, 6.45) is 5.67. The maximum atomic E-state index is 12.0. The summed E-state index contributed by atoms with van der Waals surface area (Å²) >= 11 is 0. The van der Waals surface area contributed by atoms with E-state index < -0.39 is 26.5 Å². The molecule has 0 saturated heterocycles. The van der Waals surface area contributed by atoms with Crippen LogP contribution < -0.4 is 4.72 Å². The Morgan fingerprint density at radius 3 is 2.36 bits per heavy atom. The topological polar surface area (TPSA) is 116 Å². The Labute approximate surface area is 146 Å². The number of ether oxygens (including phenoxy) is 1. The molecule has 0 saturated carbocycles. The summed E-state index contributed by atoms with van der Waals surface area (Å²) < 4.78 is 31.4. The van der Waals surface area contributed by atoms with E-state index in [1.165, 1.54) is 24.3 Å². The standard InChI is InChI=1S/C16H20N2O6S/c1-16(2,3)24-15(19)7-5-4-6-12-17-25(22,23)14-10-8-13(9-11-14)18(20)21/h4-11,17H,12H2,1-3H3/b6-4-,7-5+. The lowest BCUT2D eigenvalue weighted by Gasteiger charge is -2.17. The highest BCUT2D eigenvalue weighted by atomic mass is 32.2. The fraction of sp³-hybridized carbons (Fsp3) is 0.312. The highest BCUT2D eigenvalue weighted by Crippen LogP contribution is 2.15. The zero-order valence-electron chi connectivity index (χ0n) is 14.1. The van der Waals surface area contributed by atoms with Gasteiger partial charge in [-0.2, -0.15) is 0 Å². The maximum absolute atomic E-state index is 12.0. The largest absolute Gasteiger partial charge is 0.457 e. The maximum Gasteiger partial charge on any atom is 0.331 e. The lowest BCUT2D eigenvalue weighted by molar-refractivity contribution is -0.384. The molecule has 1 rings (SSSR count). The summed E-state index contributed by atoms with van der Waals surface area (Å²) in [6, 6.07) is 4.56. The van der Waals surface area contributed by atoms with E-state index in [2.05, 4.69) is 4.72 Å². The third-order valence-corrected chi connectivity index (χ3v) is 4.07. The van der Waals surface area contributed by atoms with Crippen molar-refractivity contribution < 1.29 is 22.9 Å². The van der Waals surface area contributed by atoms with E-state index in [1.54, 1.807) is 20.8 Å². The molecule has 9 heteroatoms. The highest BCUT2D eigenvalue weighted by Gasteiger charge is 2.15. The first-order valence-corrected chi connectivity index (χ1v) is 8.80. The number of carbonyl (C=O) groups excluding carboxylic acids is 1. The van der Waals surface area contributed by atoms with Gasteiger partial charge in [0.05, 0.1) is 9.82 Å². The molecular weight excluding hydrogens is 348 g/mol. The lowest BCUT2D eigenvalue weighted by atomic mass is 10.2. The van der Waals surface area contributed by atoms with Crippen molar-refractivity contribution in [2.24, 2.45) is 0 Å². The molecule has 0 aliphatic heterocycles. The van der Waals surface area contributed by atoms with Crippen molar-refractivity contribution in [1.29, 1.82) is 0 Å². The number of carbonyl (C=O) groups is 1. The second kappa shape index (κ2) is 8.54. The van der Waals surface area contributed by atoms with Gasteiger partial charge >= 0.3 is 5.97 Å². The molecule has 0 heterocycles. The van der Waals surface area contributed by atoms with Gasteiger partial charge in [0, 0.05) is 24.8 Å². The van der Waals surface area contributed by atoms with E-state index in [9.17, 15) is 23.3 Å². The van der Waals surface area contributed by atoms with Crippen molar-refractivity contribution in [3.63, 3.8) is 0 Å². The highest BCUT2D eigenvalue weighted by molar-refractivity contribution is 7.89. The first kappa shape index (κ1) is 20.5. The Balaban J connectivity index is 2.54. The number of allylic oxidation sites excluding steroid dienone is 2. The lowest BCUT2D eigenvalue weighted by Crippen LogP contribution is -2.23. The van der Waals surface area contributed by atoms with Crippen LogP contribution in [0.15, 0.2) is 53.5 Å². The molecule has 0 fully saturated rings. The molecule has 8 nitrogen and oxygen atoms in total. The number of benzene rings is 1. The molecule has 1 aromatic carbocycles. The summed E-state index contributed by atoms with van der Waals surface area (Å²) in [5.41, 5.74) is -0.767. The number of esters is 1. The summed E-state index contributed by atoms with van der Waals surface area (Å²) in [4.78, 5) is 21.3. The Hall–Kier alpha value is -2.52. The van der Waals surface area contributed by atoms with Crippen LogP contribution in [-0.4, -0.2) is 31.5 Å². The van der Waals surface area contributed by atoms with Gasteiger partial charge in [-0.25, -0.2) is 17.9 Å². The number of hydrogen-bond acceptors (Lipinski definition) is 6. The van der Waals surface area contributed by atoms with Crippen LogP contribution in [0.5, 0.6) is 0 Å². The SMILES string of the molecule is CC(C)(C)OC(=O)/C=C/C=C\CNS(=O)(=O)c1ccc([N+](=O)[O-])cc1. The molecule has 0 unspecified atom stereocenters. The number of nitrogens with one attached hydrogen (secondary N) is 1. The average molecular weight is 368 g/mol. The second-order valence-electron chi connectivity index (χ2n) is 5.92. The second-order valence-corrected chi connectivity index (χ2v) is 7.69. The van der Waals surface area contributed by atoms with Gasteiger partial charge in [-0.15, -0.1) is 0 Å². The molecule has 1 aromatic rings. The number of non-ortho nitro benzene ring substituents is 1. The fourth-order valence-electron chi connectivity index (χ4n) is 1.60. The van der Waals surface area contributed by atoms with Crippen LogP contribution in [0.25, 0.3) is 0 Å². The first-order chi connectivity index (χ1) is 11.5. The van der Waals surface area contributed by atoms with Gasteiger partial charge in [0.15, 0.2) is 0 Å². The molecule has 0 atom stereocenters. The van der Waals surface area contributed by atoms with Gasteiger partial charge in [0.1, 0.15) is 5.60 Å². The third-order valence-electron chi connectivity index (χ3n) is 2.64. The average Bonchev–Trinajstić information content (AvgIpc) is 2.49. The van der Waals surface area contributed by atoms with Crippen LogP contribution in [-0.2, 0) is 19.6 Å². The van der Waals surface area contributed by atoms with Crippen LogP contribution in [0.1, 0.15) is 20.8 Å². The predicted molar refractivity (Wildman–Crippen MR) is 92.4 cm³/mol. The van der Waals surface area contributed by atoms with Crippen LogP contribution in [0, 0.1) is 10.1 Å². The van der Waals surface area contributed by atoms with Gasteiger partial charge < -0.3 is 4.74 Å². The fourth-order valence-corrected chi connectivity index (χ4v) is 2.58. The van der Waals surface area contributed by atoms with Crippen LogP contribution in [0.4, 0.5) is 5.69 Å². The number of nitro groups is 1. The molecule has 1 N–H and O–H groups in total. The normalized spacial score (nSPS) is 12.6. The minimum Gasteiger partial charge on any atom is -0.457 e. The van der Waals surface area contributed by atoms with Gasteiger partial charge in [0.2, 0.25) is 10.0 Å². The van der Waals surface area contributed by atoms with Crippen LogP contribution in [0.3, 0.4) is 0 Å². The van der Waals surface area contributed by atoms with Gasteiger partial charge in [-0.05, 0) is 32.9 Å². The minimum atomic E-state index is -3.77. The smallest absolute Gasteiger partial charge is 0.331 e. The van der Waals surface area contributed by atoms with Crippen molar-refractivity contribution in [3.05, 3.63) is 58.7 Å². The Morgan fingerprint density at radius 1 is 1.24 bits per heavy atom. The Morgan fingerprint density at radius 2 is 1.84 bits per heavy atom. The van der Waals surface area contributed by atoms with Gasteiger partial charge in [-0.3, -0.25) is 10.1 Å². The molecule has 0 aliphatic rings. The van der Waals surface area contributed by atoms with Crippen molar-refractivity contribution in [2.45, 2.75) is 31.3 Å². The summed E-state index contributed by atoms with van der Waals surface area (Å²) in [6.45, 7) is 5.25. The van der Waals surface area contributed by atoms with E-state index in [0.717, 1.165) is 24.3 Å². The number of nitro benzene ring substituents is 1.